The zero-order valence-corrected chi connectivity index (χ0v) is 23.2. The fourth-order valence-corrected chi connectivity index (χ4v) is 5.01. The van der Waals surface area contributed by atoms with Crippen LogP contribution in [0, 0.1) is 0 Å². The molecule has 218 valence electrons. The maximum Gasteiger partial charge on any atom is 0.416 e. The molecule has 0 bridgehead atoms. The van der Waals surface area contributed by atoms with E-state index in [4.69, 9.17) is 28.7 Å². The van der Waals surface area contributed by atoms with E-state index < -0.39 is 11.7 Å². The normalized spacial score (nSPS) is 14.3. The molecule has 1 aromatic heterocycles. The number of aromatic nitrogens is 2. The zero-order chi connectivity index (χ0) is 29.0. The molecule has 0 atom stereocenters. The number of morpholine rings is 1. The maximum atomic E-state index is 13.9. The van der Waals surface area contributed by atoms with E-state index in [0.717, 1.165) is 25.7 Å². The van der Waals surface area contributed by atoms with Crippen LogP contribution in [0.2, 0.25) is 0 Å². The van der Waals surface area contributed by atoms with Crippen LogP contribution in [0.1, 0.15) is 11.1 Å². The smallest absolute Gasteiger partial charge is 0.416 e. The minimum absolute atomic E-state index is 0.0740. The van der Waals surface area contributed by atoms with E-state index in [1.165, 1.54) is 33.5 Å². The van der Waals surface area contributed by atoms with Crippen molar-refractivity contribution in [2.24, 2.45) is 0 Å². The highest BCUT2D eigenvalue weighted by Crippen LogP contribution is 2.42. The first-order valence-corrected chi connectivity index (χ1v) is 13.2. The number of methoxy groups -OCH3 is 3. The molecule has 2 heterocycles. The van der Waals surface area contributed by atoms with Crippen LogP contribution in [0.3, 0.4) is 0 Å². The lowest BCUT2D eigenvalue weighted by Crippen LogP contribution is -2.38. The molecule has 1 saturated heterocycles. The second kappa shape index (κ2) is 12.3. The van der Waals surface area contributed by atoms with Crippen LogP contribution in [0.5, 0.6) is 23.0 Å². The number of hydrogen-bond acceptors (Lipinski definition) is 7. The van der Waals surface area contributed by atoms with Crippen LogP contribution >= 0.6 is 0 Å². The van der Waals surface area contributed by atoms with Gasteiger partial charge in [0, 0.05) is 31.3 Å². The van der Waals surface area contributed by atoms with Crippen molar-refractivity contribution >= 4 is 11.0 Å². The Morgan fingerprint density at radius 3 is 2.27 bits per heavy atom. The average Bonchev–Trinajstić information content (AvgIpc) is 3.34. The van der Waals surface area contributed by atoms with Crippen molar-refractivity contribution in [2.45, 2.75) is 12.7 Å². The molecule has 0 saturated carbocycles. The molecular formula is C30H32F3N3O5. The van der Waals surface area contributed by atoms with Crippen molar-refractivity contribution in [3.05, 3.63) is 65.7 Å². The van der Waals surface area contributed by atoms with Crippen molar-refractivity contribution in [1.82, 2.24) is 14.5 Å². The van der Waals surface area contributed by atoms with Gasteiger partial charge in [0.1, 0.15) is 18.2 Å². The summed E-state index contributed by atoms with van der Waals surface area (Å²) >= 11 is 0. The van der Waals surface area contributed by atoms with E-state index in [1.54, 1.807) is 22.8 Å². The Labute approximate surface area is 236 Å². The van der Waals surface area contributed by atoms with Gasteiger partial charge in [-0.25, -0.2) is 4.98 Å². The van der Waals surface area contributed by atoms with Crippen LogP contribution in [-0.2, 0) is 17.5 Å². The highest BCUT2D eigenvalue weighted by atomic mass is 19.4. The standard InChI is InChI=1S/C30H32F3N3O5/c1-37-26-16-21(17-27(38-2)28(26)39-3)29-34-24-9-8-22(41-15-12-35-10-13-40-14-11-35)18-25(24)36(29)19-20-6-4-5-7-23(20)30(31,32)33/h4-9,16-18H,10-15,19H2,1-3H3. The molecule has 8 nitrogen and oxygen atoms in total. The summed E-state index contributed by atoms with van der Waals surface area (Å²) in [6, 6.07) is 14.5. The molecule has 41 heavy (non-hydrogen) atoms. The van der Waals surface area contributed by atoms with Gasteiger partial charge >= 0.3 is 6.18 Å². The minimum Gasteiger partial charge on any atom is -0.493 e. The molecule has 0 aliphatic carbocycles. The molecule has 1 aliphatic rings. The van der Waals surface area contributed by atoms with E-state index in [-0.39, 0.29) is 12.1 Å². The molecule has 0 unspecified atom stereocenters. The summed E-state index contributed by atoms with van der Waals surface area (Å²) in [4.78, 5) is 7.09. The Hall–Kier alpha value is -3.96. The second-order valence-corrected chi connectivity index (χ2v) is 9.54. The summed E-state index contributed by atoms with van der Waals surface area (Å²) in [5.41, 5.74) is 1.26. The Bertz CT molecular complexity index is 1470. The third-order valence-corrected chi connectivity index (χ3v) is 7.07. The molecule has 0 spiro atoms. The number of imidazole rings is 1. The quantitative estimate of drug-likeness (QED) is 0.249. The first kappa shape index (κ1) is 28.6. The lowest BCUT2D eigenvalue weighted by atomic mass is 10.1. The fraction of sp³-hybridized carbons (Fsp3) is 0.367. The Balaban J connectivity index is 1.58. The molecule has 4 aromatic rings. The number of alkyl halides is 3. The molecule has 3 aromatic carbocycles. The highest BCUT2D eigenvalue weighted by molar-refractivity contribution is 5.83. The molecule has 0 N–H and O–H groups in total. The van der Waals surface area contributed by atoms with Gasteiger partial charge in [0.05, 0.1) is 57.7 Å². The van der Waals surface area contributed by atoms with E-state index in [0.29, 0.717) is 65.2 Å². The third-order valence-electron chi connectivity index (χ3n) is 7.07. The molecule has 0 radical (unpaired) electrons. The number of hydrogen-bond donors (Lipinski definition) is 0. The van der Waals surface area contributed by atoms with Crippen LogP contribution < -0.4 is 18.9 Å². The highest BCUT2D eigenvalue weighted by Gasteiger charge is 2.33. The number of fused-ring (bicyclic) bond motifs is 1. The molecular weight excluding hydrogens is 539 g/mol. The first-order valence-electron chi connectivity index (χ1n) is 13.2. The Kier molecular flexibility index (Phi) is 8.55. The van der Waals surface area contributed by atoms with Crippen molar-refractivity contribution in [2.75, 3.05) is 60.8 Å². The lowest BCUT2D eigenvalue weighted by molar-refractivity contribution is -0.138. The van der Waals surface area contributed by atoms with Gasteiger partial charge in [0.2, 0.25) is 5.75 Å². The monoisotopic (exact) mass is 571 g/mol. The van der Waals surface area contributed by atoms with Gasteiger partial charge in [-0.05, 0) is 35.9 Å². The zero-order valence-electron chi connectivity index (χ0n) is 23.2. The van der Waals surface area contributed by atoms with Crippen molar-refractivity contribution in [3.8, 4) is 34.4 Å². The predicted octanol–water partition coefficient (Wildman–Crippen LogP) is 5.51. The van der Waals surface area contributed by atoms with Gasteiger partial charge in [0.15, 0.2) is 11.5 Å². The first-order chi connectivity index (χ1) is 19.8. The van der Waals surface area contributed by atoms with Crippen molar-refractivity contribution in [3.63, 3.8) is 0 Å². The predicted molar refractivity (Wildman–Crippen MR) is 148 cm³/mol. The second-order valence-electron chi connectivity index (χ2n) is 9.54. The Morgan fingerprint density at radius 1 is 0.902 bits per heavy atom. The minimum atomic E-state index is -4.51. The van der Waals surface area contributed by atoms with Gasteiger partial charge in [0.25, 0.3) is 0 Å². The van der Waals surface area contributed by atoms with Crippen LogP contribution in [0.4, 0.5) is 13.2 Å². The van der Waals surface area contributed by atoms with Crippen LogP contribution in [-0.4, -0.2) is 75.2 Å². The van der Waals surface area contributed by atoms with Gasteiger partial charge < -0.3 is 28.3 Å². The largest absolute Gasteiger partial charge is 0.493 e. The number of rotatable bonds is 10. The van der Waals surface area contributed by atoms with Crippen LogP contribution in [0.15, 0.2) is 54.6 Å². The van der Waals surface area contributed by atoms with Gasteiger partial charge in [-0.15, -0.1) is 0 Å². The number of benzene rings is 3. The maximum absolute atomic E-state index is 13.9. The summed E-state index contributed by atoms with van der Waals surface area (Å²) in [7, 11) is 4.51. The Morgan fingerprint density at radius 2 is 1.61 bits per heavy atom. The van der Waals surface area contributed by atoms with Gasteiger partial charge in [-0.2, -0.15) is 13.2 Å². The summed E-state index contributed by atoms with van der Waals surface area (Å²) in [6.45, 7) is 4.25. The van der Waals surface area contributed by atoms with E-state index in [1.807, 2.05) is 18.2 Å². The van der Waals surface area contributed by atoms with Crippen LogP contribution in [0.25, 0.3) is 22.4 Å². The molecule has 1 fully saturated rings. The van der Waals surface area contributed by atoms with Crippen molar-refractivity contribution in [1.29, 1.82) is 0 Å². The third kappa shape index (κ3) is 6.20. The molecule has 5 rings (SSSR count). The van der Waals surface area contributed by atoms with E-state index in [9.17, 15) is 13.2 Å². The number of halogens is 3. The fourth-order valence-electron chi connectivity index (χ4n) is 5.01. The SMILES string of the molecule is COc1cc(-c2nc3ccc(OCCN4CCOCC4)cc3n2Cc2ccccc2C(F)(F)F)cc(OC)c1OC. The molecule has 0 amide bonds. The van der Waals surface area contributed by atoms with E-state index in [2.05, 4.69) is 4.90 Å². The van der Waals surface area contributed by atoms with Gasteiger partial charge in [-0.3, -0.25) is 4.90 Å². The summed E-state index contributed by atoms with van der Waals surface area (Å²) in [6.07, 6.45) is -4.51. The number of ether oxygens (including phenoxy) is 5. The summed E-state index contributed by atoms with van der Waals surface area (Å²) < 4.78 is 71.6. The molecule has 1 aliphatic heterocycles. The van der Waals surface area contributed by atoms with Crippen molar-refractivity contribution < 1.29 is 36.9 Å². The molecule has 11 heteroatoms. The average molecular weight is 572 g/mol. The lowest BCUT2D eigenvalue weighted by Gasteiger charge is -2.26. The van der Waals surface area contributed by atoms with E-state index >= 15 is 0 Å². The van der Waals surface area contributed by atoms with Gasteiger partial charge in [-0.1, -0.05) is 18.2 Å². The number of nitrogens with zero attached hydrogens (tertiary/aromatic N) is 3. The summed E-state index contributed by atoms with van der Waals surface area (Å²) in [5, 5.41) is 0. The topological polar surface area (TPSA) is 67.2 Å². The summed E-state index contributed by atoms with van der Waals surface area (Å²) in [5.74, 6) is 2.26.